The number of aliphatic imine (C=N–C) groups is 1. The molecule has 124 valence electrons. The van der Waals surface area contributed by atoms with E-state index in [1.807, 2.05) is 37.3 Å². The maximum absolute atomic E-state index is 5.31. The lowest BCUT2D eigenvalue weighted by atomic mass is 10.2. The minimum atomic E-state index is 0.635. The van der Waals surface area contributed by atoms with Gasteiger partial charge in [0.1, 0.15) is 5.76 Å². The molecule has 0 radical (unpaired) electrons. The van der Waals surface area contributed by atoms with Crippen LogP contribution >= 0.6 is 0 Å². The highest BCUT2D eigenvalue weighted by Gasteiger charge is 2.06. The lowest BCUT2D eigenvalue weighted by Gasteiger charge is -2.13. The van der Waals surface area contributed by atoms with Gasteiger partial charge in [-0.2, -0.15) is 0 Å². The molecule has 2 aromatic rings. The van der Waals surface area contributed by atoms with Crippen LogP contribution < -0.4 is 20.1 Å². The second-order valence-electron chi connectivity index (χ2n) is 4.78. The molecule has 6 heteroatoms. The SMILES string of the molecule is CCNC(=NCCc1ccco1)Nc1ccc(OC)c(OC)c1. The van der Waals surface area contributed by atoms with Gasteiger partial charge < -0.3 is 24.5 Å². The van der Waals surface area contributed by atoms with Crippen LogP contribution in [0, 0.1) is 0 Å². The molecular formula is C17H23N3O3. The molecular weight excluding hydrogens is 294 g/mol. The zero-order chi connectivity index (χ0) is 16.5. The van der Waals surface area contributed by atoms with Gasteiger partial charge >= 0.3 is 0 Å². The fourth-order valence-electron chi connectivity index (χ4n) is 2.09. The van der Waals surface area contributed by atoms with Crippen LogP contribution in [0.25, 0.3) is 0 Å². The Morgan fingerprint density at radius 3 is 2.65 bits per heavy atom. The van der Waals surface area contributed by atoms with E-state index >= 15 is 0 Å². The van der Waals surface area contributed by atoms with Crippen LogP contribution in [0.2, 0.25) is 0 Å². The molecule has 1 aromatic carbocycles. The number of hydrogen-bond donors (Lipinski definition) is 2. The summed E-state index contributed by atoms with van der Waals surface area (Å²) in [5, 5.41) is 6.47. The van der Waals surface area contributed by atoms with Crippen molar-refractivity contribution in [3.8, 4) is 11.5 Å². The Labute approximate surface area is 136 Å². The van der Waals surface area contributed by atoms with Gasteiger partial charge in [0, 0.05) is 31.3 Å². The molecule has 0 spiro atoms. The number of benzene rings is 1. The Bertz CT molecular complexity index is 624. The summed E-state index contributed by atoms with van der Waals surface area (Å²) in [6.07, 6.45) is 2.43. The van der Waals surface area contributed by atoms with Gasteiger partial charge in [-0.05, 0) is 31.2 Å². The molecule has 1 aromatic heterocycles. The van der Waals surface area contributed by atoms with Crippen LogP contribution in [0.15, 0.2) is 46.0 Å². The summed E-state index contributed by atoms with van der Waals surface area (Å²) in [6.45, 7) is 3.44. The van der Waals surface area contributed by atoms with Crippen LogP contribution in [0.3, 0.4) is 0 Å². The zero-order valence-corrected chi connectivity index (χ0v) is 13.8. The average Bonchev–Trinajstić information content (AvgIpc) is 3.08. The second-order valence-corrected chi connectivity index (χ2v) is 4.78. The van der Waals surface area contributed by atoms with E-state index in [-0.39, 0.29) is 0 Å². The number of furan rings is 1. The van der Waals surface area contributed by atoms with Gasteiger partial charge in [-0.3, -0.25) is 4.99 Å². The topological polar surface area (TPSA) is 68.0 Å². The van der Waals surface area contributed by atoms with Gasteiger partial charge in [0.2, 0.25) is 0 Å². The summed E-state index contributed by atoms with van der Waals surface area (Å²) in [4.78, 5) is 4.54. The van der Waals surface area contributed by atoms with Crippen molar-refractivity contribution < 1.29 is 13.9 Å². The molecule has 0 saturated carbocycles. The highest BCUT2D eigenvalue weighted by atomic mass is 16.5. The standard InChI is InChI=1S/C17H23N3O3/c1-4-18-17(19-10-9-14-6-5-11-23-14)20-13-7-8-15(21-2)16(12-13)22-3/h5-8,11-12H,4,9-10H2,1-3H3,(H2,18,19,20). The van der Waals surface area contributed by atoms with E-state index in [2.05, 4.69) is 15.6 Å². The number of hydrogen-bond acceptors (Lipinski definition) is 4. The molecule has 0 saturated heterocycles. The Morgan fingerprint density at radius 2 is 2.00 bits per heavy atom. The van der Waals surface area contributed by atoms with E-state index in [4.69, 9.17) is 13.9 Å². The first-order valence-electron chi connectivity index (χ1n) is 7.56. The Hall–Kier alpha value is -2.63. The van der Waals surface area contributed by atoms with Crippen molar-refractivity contribution in [2.45, 2.75) is 13.3 Å². The third kappa shape index (κ3) is 4.95. The van der Waals surface area contributed by atoms with Crippen molar-refractivity contribution in [1.29, 1.82) is 0 Å². The van der Waals surface area contributed by atoms with Gasteiger partial charge in [0.15, 0.2) is 17.5 Å². The molecule has 23 heavy (non-hydrogen) atoms. The van der Waals surface area contributed by atoms with Crippen molar-refractivity contribution in [1.82, 2.24) is 5.32 Å². The molecule has 0 fully saturated rings. The molecule has 0 unspecified atom stereocenters. The molecule has 0 aliphatic carbocycles. The van der Waals surface area contributed by atoms with E-state index in [1.165, 1.54) is 0 Å². The predicted molar refractivity (Wildman–Crippen MR) is 91.6 cm³/mol. The van der Waals surface area contributed by atoms with Crippen LogP contribution in [0.5, 0.6) is 11.5 Å². The highest BCUT2D eigenvalue weighted by molar-refractivity contribution is 5.93. The smallest absolute Gasteiger partial charge is 0.195 e. The Balaban J connectivity index is 2.03. The quantitative estimate of drug-likeness (QED) is 0.607. The first kappa shape index (κ1) is 16.7. The summed E-state index contributed by atoms with van der Waals surface area (Å²) < 4.78 is 15.9. The fraction of sp³-hybridized carbons (Fsp3) is 0.353. The number of nitrogens with one attached hydrogen (secondary N) is 2. The molecule has 1 heterocycles. The summed E-state index contributed by atoms with van der Waals surface area (Å²) in [5.74, 6) is 3.00. The Morgan fingerprint density at radius 1 is 1.17 bits per heavy atom. The molecule has 6 nitrogen and oxygen atoms in total. The van der Waals surface area contributed by atoms with Crippen LogP contribution in [0.1, 0.15) is 12.7 Å². The molecule has 0 aliphatic heterocycles. The number of rotatable bonds is 7. The lowest BCUT2D eigenvalue weighted by Crippen LogP contribution is -2.30. The van der Waals surface area contributed by atoms with Crippen LogP contribution in [-0.4, -0.2) is 33.3 Å². The normalized spacial score (nSPS) is 11.2. The molecule has 0 bridgehead atoms. The van der Waals surface area contributed by atoms with Crippen LogP contribution in [0.4, 0.5) is 5.69 Å². The minimum Gasteiger partial charge on any atom is -0.493 e. The number of ether oxygens (including phenoxy) is 2. The van der Waals surface area contributed by atoms with Crippen molar-refractivity contribution in [3.63, 3.8) is 0 Å². The molecule has 2 rings (SSSR count). The average molecular weight is 317 g/mol. The van der Waals surface area contributed by atoms with Crippen molar-refractivity contribution >= 4 is 11.6 Å². The number of anilines is 1. The van der Waals surface area contributed by atoms with E-state index in [0.29, 0.717) is 24.0 Å². The highest BCUT2D eigenvalue weighted by Crippen LogP contribution is 2.29. The third-order valence-corrected chi connectivity index (χ3v) is 3.20. The maximum Gasteiger partial charge on any atom is 0.195 e. The molecule has 0 atom stereocenters. The minimum absolute atomic E-state index is 0.635. The first-order valence-corrected chi connectivity index (χ1v) is 7.56. The van der Waals surface area contributed by atoms with E-state index in [0.717, 1.165) is 24.4 Å². The van der Waals surface area contributed by atoms with Gasteiger partial charge in [-0.15, -0.1) is 0 Å². The number of guanidine groups is 1. The maximum atomic E-state index is 5.31. The van der Waals surface area contributed by atoms with Crippen molar-refractivity contribution in [2.75, 3.05) is 32.6 Å². The molecule has 2 N–H and O–H groups in total. The lowest BCUT2D eigenvalue weighted by molar-refractivity contribution is 0.355. The predicted octanol–water partition coefficient (Wildman–Crippen LogP) is 2.92. The Kier molecular flexibility index (Phi) is 6.35. The zero-order valence-electron chi connectivity index (χ0n) is 13.8. The second kappa shape index (κ2) is 8.73. The number of nitrogens with zero attached hydrogens (tertiary/aromatic N) is 1. The summed E-state index contributed by atoms with van der Waals surface area (Å²) in [5.41, 5.74) is 0.875. The largest absolute Gasteiger partial charge is 0.493 e. The van der Waals surface area contributed by atoms with Crippen molar-refractivity contribution in [2.24, 2.45) is 4.99 Å². The first-order chi connectivity index (χ1) is 11.3. The molecule has 0 aliphatic rings. The monoisotopic (exact) mass is 317 g/mol. The van der Waals surface area contributed by atoms with E-state index < -0.39 is 0 Å². The van der Waals surface area contributed by atoms with Gasteiger partial charge in [-0.25, -0.2) is 0 Å². The van der Waals surface area contributed by atoms with Crippen LogP contribution in [-0.2, 0) is 6.42 Å². The summed E-state index contributed by atoms with van der Waals surface area (Å²) >= 11 is 0. The summed E-state index contributed by atoms with van der Waals surface area (Å²) in [7, 11) is 3.23. The van der Waals surface area contributed by atoms with Gasteiger partial charge in [-0.1, -0.05) is 0 Å². The third-order valence-electron chi connectivity index (χ3n) is 3.20. The van der Waals surface area contributed by atoms with Gasteiger partial charge in [0.25, 0.3) is 0 Å². The van der Waals surface area contributed by atoms with E-state index in [9.17, 15) is 0 Å². The summed E-state index contributed by atoms with van der Waals surface area (Å²) in [6, 6.07) is 9.48. The van der Waals surface area contributed by atoms with E-state index in [1.54, 1.807) is 20.5 Å². The van der Waals surface area contributed by atoms with Crippen molar-refractivity contribution in [3.05, 3.63) is 42.4 Å². The molecule has 0 amide bonds. The number of methoxy groups -OCH3 is 2. The van der Waals surface area contributed by atoms with Gasteiger partial charge in [0.05, 0.1) is 20.5 Å². The fourth-order valence-corrected chi connectivity index (χ4v) is 2.09.